The maximum atomic E-state index is 14.2. The maximum Gasteiger partial charge on any atom is 0.297 e. The number of benzene rings is 3. The van der Waals surface area contributed by atoms with Crippen LogP contribution in [0.25, 0.3) is 0 Å². The van der Waals surface area contributed by atoms with E-state index in [1.165, 1.54) is 17.2 Å². The predicted molar refractivity (Wildman–Crippen MR) is 122 cm³/mol. The molecule has 4 nitrogen and oxygen atoms in total. The molecule has 5 rings (SSSR count). The number of rotatable bonds is 4. The third kappa shape index (κ3) is 4.10. The van der Waals surface area contributed by atoms with E-state index < -0.39 is 10.1 Å². The molecule has 1 N–H and O–H groups in total. The number of fused-ring (bicyclic) bond motifs is 5. The molecule has 1 heterocycles. The van der Waals surface area contributed by atoms with Crippen LogP contribution in [0.4, 0.5) is 4.39 Å². The van der Waals surface area contributed by atoms with Crippen molar-refractivity contribution in [3.05, 3.63) is 100 Å². The summed E-state index contributed by atoms with van der Waals surface area (Å²) in [6.07, 6.45) is 2.43. The first kappa shape index (κ1) is 21.3. The topological polar surface area (TPSA) is 55.4 Å². The van der Waals surface area contributed by atoms with E-state index in [9.17, 15) is 12.8 Å². The van der Waals surface area contributed by atoms with Crippen molar-refractivity contribution >= 4 is 10.1 Å². The number of aryl methyl sites for hydroxylation is 1. The highest BCUT2D eigenvalue weighted by Crippen LogP contribution is 2.44. The lowest BCUT2D eigenvalue weighted by molar-refractivity contribution is 0.204. The van der Waals surface area contributed by atoms with Crippen LogP contribution < -0.4 is 5.32 Å². The van der Waals surface area contributed by atoms with Gasteiger partial charge < -0.3 is 5.32 Å². The average Bonchev–Trinajstić information content (AvgIpc) is 2.92. The smallest absolute Gasteiger partial charge is 0.297 e. The van der Waals surface area contributed by atoms with E-state index in [-0.39, 0.29) is 35.3 Å². The summed E-state index contributed by atoms with van der Waals surface area (Å²) in [4.78, 5) is 0.160. The van der Waals surface area contributed by atoms with E-state index in [0.717, 1.165) is 36.0 Å². The van der Waals surface area contributed by atoms with Gasteiger partial charge in [-0.3, -0.25) is 4.18 Å². The van der Waals surface area contributed by atoms with Crippen molar-refractivity contribution in [1.29, 1.82) is 0 Å². The molecule has 3 atom stereocenters. The van der Waals surface area contributed by atoms with Gasteiger partial charge in [0.15, 0.2) is 0 Å². The lowest BCUT2D eigenvalue weighted by Gasteiger charge is -2.38. The Labute approximate surface area is 188 Å². The average molecular weight is 452 g/mol. The standard InChI is InChI=1S/C26H26FNO3S/c1-17-6-11-22(12-7-17)32(29,30)31-16-21-10-13-24-23-5-3-2-4-18(23)14-19-8-9-20(27)15-25(19)26(24)28-21/h2-9,11-12,15,21,24,26,28H,10,13-14,16H2,1H3/t21-,24-,26+/m1/s1. The molecule has 2 aliphatic rings. The van der Waals surface area contributed by atoms with E-state index in [4.69, 9.17) is 4.18 Å². The molecular formula is C26H26FNO3S. The van der Waals surface area contributed by atoms with Crippen molar-refractivity contribution < 1.29 is 17.0 Å². The second-order valence-corrected chi connectivity index (χ2v) is 10.4. The van der Waals surface area contributed by atoms with E-state index in [1.54, 1.807) is 30.3 Å². The van der Waals surface area contributed by atoms with Crippen molar-refractivity contribution in [3.8, 4) is 0 Å². The molecule has 0 bridgehead atoms. The molecule has 1 saturated heterocycles. The Morgan fingerprint density at radius 2 is 1.72 bits per heavy atom. The quantitative estimate of drug-likeness (QED) is 0.566. The fraction of sp³-hybridized carbons (Fsp3) is 0.308. The largest absolute Gasteiger partial charge is 0.304 e. The van der Waals surface area contributed by atoms with Crippen LogP contribution in [0.15, 0.2) is 71.6 Å². The Hall–Kier alpha value is -2.54. The van der Waals surface area contributed by atoms with Crippen LogP contribution in [-0.4, -0.2) is 21.1 Å². The molecule has 0 radical (unpaired) electrons. The van der Waals surface area contributed by atoms with Crippen LogP contribution in [-0.2, 0) is 20.7 Å². The Morgan fingerprint density at radius 3 is 2.53 bits per heavy atom. The Bertz CT molecular complexity index is 1240. The third-order valence-corrected chi connectivity index (χ3v) is 7.95. The van der Waals surface area contributed by atoms with Gasteiger partial charge in [-0.15, -0.1) is 0 Å². The van der Waals surface area contributed by atoms with Crippen molar-refractivity contribution in [3.63, 3.8) is 0 Å². The van der Waals surface area contributed by atoms with Crippen molar-refractivity contribution in [2.24, 2.45) is 0 Å². The minimum Gasteiger partial charge on any atom is -0.304 e. The highest BCUT2D eigenvalue weighted by Gasteiger charge is 2.37. The molecule has 1 aliphatic carbocycles. The molecule has 6 heteroatoms. The molecule has 0 saturated carbocycles. The number of hydrogen-bond donors (Lipinski definition) is 1. The zero-order valence-corrected chi connectivity index (χ0v) is 18.7. The van der Waals surface area contributed by atoms with Crippen molar-refractivity contribution in [2.45, 2.75) is 49.1 Å². The van der Waals surface area contributed by atoms with Crippen LogP contribution >= 0.6 is 0 Å². The van der Waals surface area contributed by atoms with Gasteiger partial charge in [0, 0.05) is 18.0 Å². The zero-order valence-electron chi connectivity index (χ0n) is 17.9. The molecule has 1 aliphatic heterocycles. The summed E-state index contributed by atoms with van der Waals surface area (Å²) in [6, 6.07) is 19.8. The van der Waals surface area contributed by atoms with Crippen LogP contribution in [0.5, 0.6) is 0 Å². The van der Waals surface area contributed by atoms with Crippen molar-refractivity contribution in [2.75, 3.05) is 6.61 Å². The van der Waals surface area contributed by atoms with Gasteiger partial charge >= 0.3 is 0 Å². The molecule has 0 aromatic heterocycles. The normalized spacial score (nSPS) is 22.4. The summed E-state index contributed by atoms with van der Waals surface area (Å²) in [6.45, 7) is 1.96. The summed E-state index contributed by atoms with van der Waals surface area (Å²) < 4.78 is 44.9. The van der Waals surface area contributed by atoms with Gasteiger partial charge in [-0.2, -0.15) is 8.42 Å². The van der Waals surface area contributed by atoms with E-state index in [0.29, 0.717) is 0 Å². The minimum absolute atomic E-state index is 0.0473. The van der Waals surface area contributed by atoms with Crippen LogP contribution in [0.2, 0.25) is 0 Å². The number of halogens is 1. The molecule has 3 aromatic rings. The monoisotopic (exact) mass is 451 g/mol. The first-order chi connectivity index (χ1) is 15.4. The van der Waals surface area contributed by atoms with Crippen LogP contribution in [0, 0.1) is 12.7 Å². The van der Waals surface area contributed by atoms with Gasteiger partial charge in [0.25, 0.3) is 10.1 Å². The lowest BCUT2D eigenvalue weighted by Crippen LogP contribution is -2.43. The second-order valence-electron chi connectivity index (χ2n) is 8.80. The summed E-state index contributed by atoms with van der Waals surface area (Å²) in [5, 5.41) is 3.60. The Kier molecular flexibility index (Phi) is 5.61. The van der Waals surface area contributed by atoms with Gasteiger partial charge in [-0.1, -0.05) is 48.0 Å². The van der Waals surface area contributed by atoms with Gasteiger partial charge in [-0.25, -0.2) is 4.39 Å². The summed E-state index contributed by atoms with van der Waals surface area (Å²) in [5.41, 5.74) is 5.60. The Balaban J connectivity index is 1.40. The van der Waals surface area contributed by atoms with Gasteiger partial charge in [0.1, 0.15) is 5.82 Å². The number of hydrogen-bond acceptors (Lipinski definition) is 4. The van der Waals surface area contributed by atoms with Crippen molar-refractivity contribution in [1.82, 2.24) is 5.32 Å². The molecule has 166 valence electrons. The van der Waals surface area contributed by atoms with Crippen LogP contribution in [0.3, 0.4) is 0 Å². The molecule has 0 amide bonds. The number of piperidine rings is 1. The molecule has 0 spiro atoms. The fourth-order valence-electron chi connectivity index (χ4n) is 5.00. The van der Waals surface area contributed by atoms with E-state index in [2.05, 4.69) is 23.5 Å². The first-order valence-electron chi connectivity index (χ1n) is 11.0. The van der Waals surface area contributed by atoms with Gasteiger partial charge in [0.2, 0.25) is 0 Å². The highest BCUT2D eigenvalue weighted by molar-refractivity contribution is 7.86. The van der Waals surface area contributed by atoms with E-state index in [1.807, 2.05) is 19.1 Å². The predicted octanol–water partition coefficient (Wildman–Crippen LogP) is 5.02. The maximum absolute atomic E-state index is 14.2. The van der Waals surface area contributed by atoms with Crippen LogP contribution in [0.1, 0.15) is 52.6 Å². The molecule has 1 fully saturated rings. The fourth-order valence-corrected chi connectivity index (χ4v) is 5.95. The molecular weight excluding hydrogens is 425 g/mol. The zero-order chi connectivity index (χ0) is 22.3. The summed E-state index contributed by atoms with van der Waals surface area (Å²) >= 11 is 0. The third-order valence-electron chi connectivity index (χ3n) is 6.66. The molecule has 32 heavy (non-hydrogen) atoms. The molecule has 3 aromatic carbocycles. The second kappa shape index (κ2) is 8.43. The van der Waals surface area contributed by atoms with Gasteiger partial charge in [0.05, 0.1) is 11.5 Å². The lowest BCUT2D eigenvalue weighted by atomic mass is 9.79. The number of nitrogens with one attached hydrogen (secondary N) is 1. The molecule has 0 unspecified atom stereocenters. The first-order valence-corrected chi connectivity index (χ1v) is 12.4. The van der Waals surface area contributed by atoms with E-state index >= 15 is 0 Å². The Morgan fingerprint density at radius 1 is 0.969 bits per heavy atom. The van der Waals surface area contributed by atoms with Gasteiger partial charge in [-0.05, 0) is 72.7 Å². The minimum atomic E-state index is -3.83. The summed E-state index contributed by atoms with van der Waals surface area (Å²) in [5.74, 6) is -0.0465. The summed E-state index contributed by atoms with van der Waals surface area (Å²) in [7, 11) is -3.83. The highest BCUT2D eigenvalue weighted by atomic mass is 32.2. The SMILES string of the molecule is Cc1ccc(S(=O)(=O)OC[C@H]2CC[C@@H]3c4ccccc4Cc4ccc(F)cc4[C@H]3N2)cc1.